The van der Waals surface area contributed by atoms with E-state index in [9.17, 15) is 0 Å². The first-order chi connectivity index (χ1) is 3.93. The van der Waals surface area contributed by atoms with E-state index in [0.717, 1.165) is 5.36 Å². The largest absolute Gasteiger partial charge is 0.256 e. The van der Waals surface area contributed by atoms with E-state index in [1.54, 1.807) is 0 Å². The van der Waals surface area contributed by atoms with Crippen molar-refractivity contribution in [2.45, 2.75) is 0 Å². The number of rotatable bonds is 1. The lowest BCUT2D eigenvalue weighted by Crippen LogP contribution is -1.72. The van der Waals surface area contributed by atoms with Crippen LogP contribution in [0.25, 0.3) is 0 Å². The molecule has 38 valence electrons. The molecule has 0 saturated carbocycles. The van der Waals surface area contributed by atoms with Crippen molar-refractivity contribution >= 4 is 0 Å². The second-order valence-electron chi connectivity index (χ2n) is 1.33. The molecule has 0 N–H and O–H groups in total. The van der Waals surface area contributed by atoms with Crippen LogP contribution in [0.3, 0.4) is 0 Å². The van der Waals surface area contributed by atoms with E-state index in [1.807, 2.05) is 18.2 Å². The molecule has 8 heavy (non-hydrogen) atoms. The quantitative estimate of drug-likeness (QED) is 0.478. The van der Waals surface area contributed by atoms with E-state index in [2.05, 4.69) is 4.99 Å². The van der Waals surface area contributed by atoms with Gasteiger partial charge in [0.05, 0.1) is 11.4 Å². The molecule has 0 saturated heterocycles. The van der Waals surface area contributed by atoms with Gasteiger partial charge in [-0.2, -0.15) is 5.26 Å². The molecule has 0 amide bonds. The molecule has 2 heteroatoms. The zero-order valence-electron chi connectivity index (χ0n) is 4.20. The zero-order chi connectivity index (χ0) is 5.82. The summed E-state index contributed by atoms with van der Waals surface area (Å²) in [5, 5.41) is 8.93. The Morgan fingerprint density at radius 1 is 1.62 bits per heavy atom. The summed E-state index contributed by atoms with van der Waals surface area (Å²) in [6, 6.07) is 5.59. The summed E-state index contributed by atoms with van der Waals surface area (Å²) >= 11 is 0. The van der Waals surface area contributed by atoms with Gasteiger partial charge in [0.2, 0.25) is 0 Å². The van der Waals surface area contributed by atoms with Crippen LogP contribution in [-0.4, -0.2) is 0 Å². The topological polar surface area (TPSA) is 36.1 Å². The summed E-state index contributed by atoms with van der Waals surface area (Å²) in [4.78, 5) is 3.83. The second kappa shape index (κ2) is 2.08. The molecule has 0 aliphatic carbocycles. The second-order valence-corrected chi connectivity index (χ2v) is 1.33. The highest BCUT2D eigenvalue weighted by Crippen LogP contribution is 1.75. The molecule has 0 aliphatic rings. The van der Waals surface area contributed by atoms with Gasteiger partial charge in [-0.05, 0) is 12.1 Å². The minimum absolute atomic E-state index is 0.955. The smallest absolute Gasteiger partial charge is 0.0928 e. The Morgan fingerprint density at radius 3 is 2.88 bits per heavy atom. The van der Waals surface area contributed by atoms with Gasteiger partial charge in [0.25, 0.3) is 0 Å². The predicted octanol–water partition coefficient (Wildman–Crippen LogP) is 0.500. The summed E-state index contributed by atoms with van der Waals surface area (Å²) in [6.45, 7) is 0. The van der Waals surface area contributed by atoms with Gasteiger partial charge in [0.1, 0.15) is 0 Å². The number of hydrogen-bond donors (Lipinski definition) is 0. The molecule has 0 unspecified atom stereocenters. The predicted molar refractivity (Wildman–Crippen MR) is 29.1 cm³/mol. The molecule has 1 rings (SSSR count). The van der Waals surface area contributed by atoms with Crippen molar-refractivity contribution in [3.8, 4) is 6.07 Å². The van der Waals surface area contributed by atoms with Gasteiger partial charge in [0.15, 0.2) is 0 Å². The van der Waals surface area contributed by atoms with E-state index in [0.29, 0.717) is 0 Å². The van der Waals surface area contributed by atoms with Crippen LogP contribution in [0.4, 0.5) is 0 Å². The van der Waals surface area contributed by atoms with Crippen LogP contribution < -0.4 is 5.36 Å². The van der Waals surface area contributed by atoms with E-state index in [1.165, 1.54) is 12.3 Å². The molecule has 2 nitrogen and oxygen atoms in total. The van der Waals surface area contributed by atoms with Gasteiger partial charge >= 0.3 is 0 Å². The Hall–Kier alpha value is -1.36. The first kappa shape index (κ1) is 4.79. The van der Waals surface area contributed by atoms with Crippen molar-refractivity contribution < 1.29 is 0 Å². The van der Waals surface area contributed by atoms with E-state index in [-0.39, 0.29) is 0 Å². The van der Waals surface area contributed by atoms with Crippen LogP contribution in [0.2, 0.25) is 0 Å². The molecule has 0 atom stereocenters. The third kappa shape index (κ3) is 1.39. The maximum atomic E-state index is 7.97. The van der Waals surface area contributed by atoms with E-state index >= 15 is 0 Å². The number of nitriles is 1. The fraction of sp³-hybridized carbons (Fsp3) is 0. The summed E-state index contributed by atoms with van der Waals surface area (Å²) in [5.74, 6) is 0. The molecule has 0 spiro atoms. The first-order valence-electron chi connectivity index (χ1n) is 2.24. The molecule has 1 aromatic rings. The van der Waals surface area contributed by atoms with Gasteiger partial charge < -0.3 is 0 Å². The Morgan fingerprint density at radius 2 is 2.38 bits per heavy atom. The Balaban J connectivity index is 2.50. The normalized spacial score (nSPS) is 9.88. The van der Waals surface area contributed by atoms with Gasteiger partial charge in [-0.3, -0.25) is 4.99 Å². The highest BCUT2D eigenvalue weighted by Gasteiger charge is 1.79. The number of nitrogens with zero attached hydrogens (tertiary/aromatic N) is 2. The number of hydrogen-bond acceptors (Lipinski definition) is 2. The van der Waals surface area contributed by atoms with E-state index < -0.39 is 0 Å². The van der Waals surface area contributed by atoms with Gasteiger partial charge in [-0.1, -0.05) is 0 Å². The molecule has 0 fully saturated rings. The lowest BCUT2D eigenvalue weighted by Gasteiger charge is -1.60. The van der Waals surface area contributed by atoms with Crippen molar-refractivity contribution in [1.82, 2.24) is 0 Å². The fourth-order valence-corrected chi connectivity index (χ4v) is 0.280. The highest BCUT2D eigenvalue weighted by molar-refractivity contribution is 5.06. The lowest BCUT2D eigenvalue weighted by atomic mass is 10.7. The molecular weight excluding hydrogens is 100 g/mol. The van der Waals surface area contributed by atoms with Crippen molar-refractivity contribution in [3.63, 3.8) is 0 Å². The fourth-order valence-electron chi connectivity index (χ4n) is 0.280. The van der Waals surface area contributed by atoms with Crippen LogP contribution in [-0.2, 0) is 0 Å². The van der Waals surface area contributed by atoms with Crippen LogP contribution in [0.5, 0.6) is 0 Å². The van der Waals surface area contributed by atoms with Crippen molar-refractivity contribution in [3.05, 3.63) is 29.8 Å². The molecular formula is C6H4N2. The first-order valence-corrected chi connectivity index (χ1v) is 2.24. The van der Waals surface area contributed by atoms with Gasteiger partial charge in [-0.25, -0.2) is 0 Å². The average molecular weight is 104 g/mol. The van der Waals surface area contributed by atoms with Gasteiger partial charge in [0, 0.05) is 12.3 Å². The molecule has 0 bridgehead atoms. The highest BCUT2D eigenvalue weighted by atomic mass is 14.7. The standard InChI is InChI=1S/C6H4N2/c7-4-1-5-8-6-2-3-6/h1-3,5H/b5-1-. The molecule has 0 radical (unpaired) electrons. The van der Waals surface area contributed by atoms with Crippen molar-refractivity contribution in [2.75, 3.05) is 0 Å². The third-order valence-electron chi connectivity index (χ3n) is 0.688. The monoisotopic (exact) mass is 104 g/mol. The Kier molecular flexibility index (Phi) is 1.25. The van der Waals surface area contributed by atoms with Crippen molar-refractivity contribution in [1.29, 1.82) is 5.26 Å². The minimum Gasteiger partial charge on any atom is -0.256 e. The SMILES string of the molecule is N#C/C=C\N=c1cc1. The number of allylic oxidation sites excluding steroid dienone is 1. The van der Waals surface area contributed by atoms with Crippen LogP contribution in [0.15, 0.2) is 29.4 Å². The molecule has 0 aliphatic heterocycles. The molecule has 0 aromatic heterocycles. The molecule has 0 heterocycles. The summed E-state index contributed by atoms with van der Waals surface area (Å²) in [7, 11) is 0. The van der Waals surface area contributed by atoms with Crippen LogP contribution in [0.1, 0.15) is 0 Å². The third-order valence-corrected chi connectivity index (χ3v) is 0.688. The van der Waals surface area contributed by atoms with Crippen molar-refractivity contribution in [2.24, 2.45) is 4.99 Å². The summed E-state index contributed by atoms with van der Waals surface area (Å²) in [5.41, 5.74) is 0. The van der Waals surface area contributed by atoms with Crippen LogP contribution >= 0.6 is 0 Å². The summed E-state index contributed by atoms with van der Waals surface area (Å²) in [6.07, 6.45) is 2.82. The zero-order valence-corrected chi connectivity index (χ0v) is 4.20. The maximum absolute atomic E-state index is 7.97. The minimum atomic E-state index is 0.955. The van der Waals surface area contributed by atoms with Crippen LogP contribution in [0, 0.1) is 11.3 Å². The lowest BCUT2D eigenvalue weighted by molar-refractivity contribution is 1.43. The Labute approximate surface area is 47.1 Å². The maximum Gasteiger partial charge on any atom is 0.0928 e. The average Bonchev–Trinajstić information content (AvgIpc) is 2.51. The Bertz CT molecular complexity index is 232. The van der Waals surface area contributed by atoms with Gasteiger partial charge in [-0.15, -0.1) is 0 Å². The molecule has 1 aromatic carbocycles. The summed E-state index contributed by atoms with van der Waals surface area (Å²) < 4.78 is 0. The van der Waals surface area contributed by atoms with E-state index in [4.69, 9.17) is 5.26 Å².